The van der Waals surface area contributed by atoms with E-state index in [0.717, 1.165) is 16.9 Å². The summed E-state index contributed by atoms with van der Waals surface area (Å²) in [5.74, 6) is 0.412. The predicted molar refractivity (Wildman–Crippen MR) is 68.0 cm³/mol. The van der Waals surface area contributed by atoms with E-state index in [1.165, 1.54) is 0 Å². The molecule has 2 heterocycles. The molecule has 0 aliphatic rings. The van der Waals surface area contributed by atoms with Crippen molar-refractivity contribution in [1.82, 2.24) is 9.78 Å². The van der Waals surface area contributed by atoms with Crippen molar-refractivity contribution in [3.8, 4) is 0 Å². The largest absolute Gasteiger partial charge is 0.472 e. The highest BCUT2D eigenvalue weighted by molar-refractivity contribution is 5.49. The Kier molecular flexibility index (Phi) is 3.22. The fourth-order valence-electron chi connectivity index (χ4n) is 1.88. The minimum Gasteiger partial charge on any atom is -0.472 e. The van der Waals surface area contributed by atoms with Crippen LogP contribution in [0.1, 0.15) is 44.0 Å². The van der Waals surface area contributed by atoms with Crippen LogP contribution in [0.25, 0.3) is 0 Å². The second-order valence-electron chi connectivity index (χ2n) is 4.68. The molecule has 17 heavy (non-hydrogen) atoms. The molecule has 0 saturated carbocycles. The standard InChI is InChI=1S/C13H19N3O/c1-9(2)13-12(7-16(4)15-13)14-10(3)11-5-6-17-8-11/h5-10,14H,1-4H3. The summed E-state index contributed by atoms with van der Waals surface area (Å²) < 4.78 is 6.94. The number of nitrogens with zero attached hydrogens (tertiary/aromatic N) is 2. The van der Waals surface area contributed by atoms with Gasteiger partial charge in [-0.15, -0.1) is 0 Å². The van der Waals surface area contributed by atoms with Crippen LogP contribution in [0.15, 0.2) is 29.2 Å². The molecule has 0 fully saturated rings. The molecule has 4 heteroatoms. The number of aromatic nitrogens is 2. The van der Waals surface area contributed by atoms with Crippen LogP contribution < -0.4 is 5.32 Å². The summed E-state index contributed by atoms with van der Waals surface area (Å²) in [6, 6.07) is 2.19. The predicted octanol–water partition coefficient (Wildman–Crippen LogP) is 3.31. The highest BCUT2D eigenvalue weighted by Crippen LogP contribution is 2.26. The summed E-state index contributed by atoms with van der Waals surface area (Å²) in [5.41, 5.74) is 3.34. The van der Waals surface area contributed by atoms with Gasteiger partial charge in [-0.2, -0.15) is 5.10 Å². The Morgan fingerprint density at radius 2 is 2.12 bits per heavy atom. The van der Waals surface area contributed by atoms with Crippen molar-refractivity contribution >= 4 is 5.69 Å². The van der Waals surface area contributed by atoms with Gasteiger partial charge < -0.3 is 9.73 Å². The molecule has 4 nitrogen and oxygen atoms in total. The first-order valence-corrected chi connectivity index (χ1v) is 5.90. The van der Waals surface area contributed by atoms with Crippen LogP contribution in [-0.4, -0.2) is 9.78 Å². The summed E-state index contributed by atoms with van der Waals surface area (Å²) in [5, 5.41) is 7.95. The maximum atomic E-state index is 5.10. The zero-order valence-electron chi connectivity index (χ0n) is 10.8. The Morgan fingerprint density at radius 1 is 1.35 bits per heavy atom. The molecule has 92 valence electrons. The Balaban J connectivity index is 2.18. The van der Waals surface area contributed by atoms with E-state index in [9.17, 15) is 0 Å². The fourth-order valence-corrected chi connectivity index (χ4v) is 1.88. The van der Waals surface area contributed by atoms with E-state index in [4.69, 9.17) is 4.42 Å². The number of hydrogen-bond donors (Lipinski definition) is 1. The smallest absolute Gasteiger partial charge is 0.0955 e. The maximum absolute atomic E-state index is 5.10. The Bertz CT molecular complexity index is 471. The van der Waals surface area contributed by atoms with Crippen molar-refractivity contribution in [2.24, 2.45) is 7.05 Å². The molecule has 0 radical (unpaired) electrons. The van der Waals surface area contributed by atoms with Crippen molar-refractivity contribution in [1.29, 1.82) is 0 Å². The van der Waals surface area contributed by atoms with Crippen LogP contribution >= 0.6 is 0 Å². The zero-order valence-corrected chi connectivity index (χ0v) is 10.8. The summed E-state index contributed by atoms with van der Waals surface area (Å²) in [4.78, 5) is 0. The first kappa shape index (κ1) is 11.8. The Hall–Kier alpha value is -1.71. The van der Waals surface area contributed by atoms with Gasteiger partial charge in [-0.25, -0.2) is 0 Å². The van der Waals surface area contributed by atoms with E-state index in [1.54, 1.807) is 12.5 Å². The van der Waals surface area contributed by atoms with Crippen LogP contribution in [0, 0.1) is 0 Å². The molecular weight excluding hydrogens is 214 g/mol. The van der Waals surface area contributed by atoms with E-state index in [2.05, 4.69) is 31.2 Å². The molecule has 0 saturated heterocycles. The van der Waals surface area contributed by atoms with E-state index in [-0.39, 0.29) is 6.04 Å². The monoisotopic (exact) mass is 233 g/mol. The van der Waals surface area contributed by atoms with Gasteiger partial charge in [0.15, 0.2) is 0 Å². The fraction of sp³-hybridized carbons (Fsp3) is 0.462. The first-order valence-electron chi connectivity index (χ1n) is 5.90. The summed E-state index contributed by atoms with van der Waals surface area (Å²) >= 11 is 0. The SMILES string of the molecule is CC(C)c1nn(C)cc1NC(C)c1ccoc1. The summed E-state index contributed by atoms with van der Waals surface area (Å²) in [6.07, 6.45) is 5.48. The molecular formula is C13H19N3O. The molecule has 1 unspecified atom stereocenters. The van der Waals surface area contributed by atoms with Crippen LogP contribution in [0.4, 0.5) is 5.69 Å². The lowest BCUT2D eigenvalue weighted by molar-refractivity contribution is 0.562. The molecule has 0 bridgehead atoms. The van der Waals surface area contributed by atoms with Gasteiger partial charge in [0.1, 0.15) is 0 Å². The van der Waals surface area contributed by atoms with Gasteiger partial charge in [-0.05, 0) is 18.9 Å². The van der Waals surface area contributed by atoms with Gasteiger partial charge in [-0.3, -0.25) is 4.68 Å². The van der Waals surface area contributed by atoms with E-state index < -0.39 is 0 Å². The molecule has 1 atom stereocenters. The molecule has 2 aromatic rings. The third-order valence-electron chi connectivity index (χ3n) is 2.82. The molecule has 1 N–H and O–H groups in total. The van der Waals surface area contributed by atoms with Gasteiger partial charge in [0.25, 0.3) is 0 Å². The first-order chi connectivity index (χ1) is 8.08. The zero-order chi connectivity index (χ0) is 12.4. The quantitative estimate of drug-likeness (QED) is 0.881. The van der Waals surface area contributed by atoms with Crippen molar-refractivity contribution in [2.75, 3.05) is 5.32 Å². The molecule has 2 aromatic heterocycles. The molecule has 0 aromatic carbocycles. The molecule has 0 amide bonds. The number of furan rings is 1. The minimum absolute atomic E-state index is 0.218. The molecule has 0 aliphatic heterocycles. The number of rotatable bonds is 4. The average Bonchev–Trinajstić information content (AvgIpc) is 2.86. The third-order valence-corrected chi connectivity index (χ3v) is 2.82. The highest BCUT2D eigenvalue weighted by atomic mass is 16.3. The van der Waals surface area contributed by atoms with E-state index in [1.807, 2.05) is 24.0 Å². The summed E-state index contributed by atoms with van der Waals surface area (Å²) in [7, 11) is 1.94. The summed E-state index contributed by atoms with van der Waals surface area (Å²) in [6.45, 7) is 6.41. The van der Waals surface area contributed by atoms with Crippen molar-refractivity contribution in [2.45, 2.75) is 32.7 Å². The lowest BCUT2D eigenvalue weighted by Gasteiger charge is -2.14. The Labute approximate surface area is 102 Å². The van der Waals surface area contributed by atoms with Gasteiger partial charge in [0.2, 0.25) is 0 Å². The van der Waals surface area contributed by atoms with Crippen LogP contribution in [-0.2, 0) is 7.05 Å². The van der Waals surface area contributed by atoms with Crippen molar-refractivity contribution < 1.29 is 4.42 Å². The molecule has 0 aliphatic carbocycles. The van der Waals surface area contributed by atoms with Crippen LogP contribution in [0.5, 0.6) is 0 Å². The second kappa shape index (κ2) is 4.65. The lowest BCUT2D eigenvalue weighted by atomic mass is 10.1. The average molecular weight is 233 g/mol. The second-order valence-corrected chi connectivity index (χ2v) is 4.68. The van der Waals surface area contributed by atoms with Crippen LogP contribution in [0.2, 0.25) is 0 Å². The van der Waals surface area contributed by atoms with Gasteiger partial charge >= 0.3 is 0 Å². The Morgan fingerprint density at radius 3 is 2.71 bits per heavy atom. The molecule has 0 spiro atoms. The third kappa shape index (κ3) is 2.52. The van der Waals surface area contributed by atoms with Crippen molar-refractivity contribution in [3.05, 3.63) is 36.0 Å². The number of aryl methyl sites for hydroxylation is 1. The number of anilines is 1. The number of nitrogens with one attached hydrogen (secondary N) is 1. The van der Waals surface area contributed by atoms with Crippen molar-refractivity contribution in [3.63, 3.8) is 0 Å². The van der Waals surface area contributed by atoms with E-state index >= 15 is 0 Å². The number of hydrogen-bond acceptors (Lipinski definition) is 3. The van der Waals surface area contributed by atoms with E-state index in [0.29, 0.717) is 5.92 Å². The highest BCUT2D eigenvalue weighted by Gasteiger charge is 2.14. The topological polar surface area (TPSA) is 43.0 Å². The van der Waals surface area contributed by atoms with Gasteiger partial charge in [0, 0.05) is 18.8 Å². The lowest BCUT2D eigenvalue weighted by Crippen LogP contribution is -2.07. The minimum atomic E-state index is 0.218. The van der Waals surface area contributed by atoms with Gasteiger partial charge in [0.05, 0.1) is 29.9 Å². The van der Waals surface area contributed by atoms with Crippen LogP contribution in [0.3, 0.4) is 0 Å². The normalized spacial score (nSPS) is 13.0. The molecule has 2 rings (SSSR count). The van der Waals surface area contributed by atoms with Gasteiger partial charge in [-0.1, -0.05) is 13.8 Å². The maximum Gasteiger partial charge on any atom is 0.0955 e.